The van der Waals surface area contributed by atoms with E-state index in [0.29, 0.717) is 30.8 Å². The van der Waals surface area contributed by atoms with Gasteiger partial charge in [0.15, 0.2) is 0 Å². The fourth-order valence-electron chi connectivity index (χ4n) is 6.83. The SMILES string of the molecule is COC(=O)c1ccc(CN(C(=O)N2CCN(c3ccccn3)CC2)c2ccccc2)cc1.COC(=O)c1ccc(CNc2ccccc2)cc1.c1ccc(N2CCNCC2)nc1. The average Bonchev–Trinajstić information content (AvgIpc) is 3.36. The summed E-state index contributed by atoms with van der Waals surface area (Å²) in [6.07, 6.45) is 3.63. The molecule has 0 unspecified atom stereocenters. The molecule has 0 saturated carbocycles. The molecule has 2 aliphatic rings. The van der Waals surface area contributed by atoms with Crippen LogP contribution in [0.25, 0.3) is 0 Å². The van der Waals surface area contributed by atoms with Crippen molar-refractivity contribution in [3.63, 3.8) is 0 Å². The lowest BCUT2D eigenvalue weighted by molar-refractivity contribution is 0.0592. The minimum atomic E-state index is -0.377. The summed E-state index contributed by atoms with van der Waals surface area (Å²) < 4.78 is 9.42. The highest BCUT2D eigenvalue weighted by atomic mass is 16.5. The number of esters is 2. The molecule has 2 fully saturated rings. The van der Waals surface area contributed by atoms with Crippen molar-refractivity contribution in [2.75, 3.05) is 86.6 Å². The van der Waals surface area contributed by atoms with Crippen molar-refractivity contribution in [2.45, 2.75) is 13.1 Å². The van der Waals surface area contributed by atoms with E-state index in [9.17, 15) is 14.4 Å². The number of nitrogens with zero attached hydrogens (tertiary/aromatic N) is 6. The molecule has 4 aromatic carbocycles. The van der Waals surface area contributed by atoms with Crippen LogP contribution < -0.4 is 25.3 Å². The molecule has 0 spiro atoms. The van der Waals surface area contributed by atoms with Crippen LogP contribution in [0.4, 0.5) is 27.8 Å². The van der Waals surface area contributed by atoms with E-state index in [0.717, 1.165) is 80.0 Å². The summed E-state index contributed by atoms with van der Waals surface area (Å²) in [5.41, 5.74) is 5.02. The fraction of sp³-hybridized carbons (Fsp3) is 0.245. The Morgan fingerprint density at radius 3 is 1.56 bits per heavy atom. The van der Waals surface area contributed by atoms with Crippen LogP contribution in [0.15, 0.2) is 158 Å². The van der Waals surface area contributed by atoms with Crippen molar-refractivity contribution in [1.82, 2.24) is 20.2 Å². The molecular weight excluding hydrogens is 781 g/mol. The molecule has 2 aromatic heterocycles. The zero-order chi connectivity index (χ0) is 43.4. The van der Waals surface area contributed by atoms with Crippen LogP contribution in [0.5, 0.6) is 0 Å². The zero-order valence-electron chi connectivity index (χ0n) is 35.3. The number of piperazine rings is 2. The third-order valence-electron chi connectivity index (χ3n) is 10.3. The molecule has 0 atom stereocenters. The third-order valence-corrected chi connectivity index (χ3v) is 10.3. The Balaban J connectivity index is 0.000000178. The van der Waals surface area contributed by atoms with Gasteiger partial charge in [-0.1, -0.05) is 72.8 Å². The van der Waals surface area contributed by atoms with Gasteiger partial charge in [0.1, 0.15) is 11.6 Å². The highest BCUT2D eigenvalue weighted by Gasteiger charge is 2.27. The molecule has 0 radical (unpaired) electrons. The van der Waals surface area contributed by atoms with Crippen molar-refractivity contribution in [3.05, 3.63) is 180 Å². The number of ether oxygens (including phenoxy) is 2. The summed E-state index contributed by atoms with van der Waals surface area (Å²) in [7, 11) is 2.74. The molecule has 8 rings (SSSR count). The van der Waals surface area contributed by atoms with Crippen molar-refractivity contribution < 1.29 is 23.9 Å². The number of carbonyl (C=O) groups excluding carboxylic acids is 3. The van der Waals surface area contributed by atoms with Crippen LogP contribution in [0.3, 0.4) is 0 Å². The van der Waals surface area contributed by atoms with E-state index >= 15 is 0 Å². The van der Waals surface area contributed by atoms with E-state index in [4.69, 9.17) is 4.74 Å². The number of amides is 2. The second kappa shape index (κ2) is 23.5. The summed E-state index contributed by atoms with van der Waals surface area (Å²) in [6, 6.07) is 46.1. The first-order chi connectivity index (χ1) is 30.4. The van der Waals surface area contributed by atoms with Crippen LogP contribution in [0.1, 0.15) is 31.8 Å². The number of carbonyl (C=O) groups is 3. The minimum Gasteiger partial charge on any atom is -0.465 e. The van der Waals surface area contributed by atoms with E-state index in [1.807, 2.05) is 126 Å². The monoisotopic (exact) mass is 834 g/mol. The Kier molecular flexibility index (Phi) is 16.8. The molecule has 320 valence electrons. The summed E-state index contributed by atoms with van der Waals surface area (Å²) in [6.45, 7) is 8.12. The Labute approximate surface area is 363 Å². The van der Waals surface area contributed by atoms with Crippen LogP contribution in [0.2, 0.25) is 0 Å². The molecule has 6 aromatic rings. The summed E-state index contributed by atoms with van der Waals surface area (Å²) >= 11 is 0. The first-order valence-corrected chi connectivity index (χ1v) is 20.7. The van der Waals surface area contributed by atoms with Gasteiger partial charge in [-0.15, -0.1) is 0 Å². The number of para-hydroxylation sites is 2. The van der Waals surface area contributed by atoms with Crippen molar-refractivity contribution in [1.29, 1.82) is 0 Å². The lowest BCUT2D eigenvalue weighted by Gasteiger charge is -2.38. The second-order valence-corrected chi connectivity index (χ2v) is 14.4. The number of pyridine rings is 2. The maximum atomic E-state index is 13.5. The molecule has 2 N–H and O–H groups in total. The quantitative estimate of drug-likeness (QED) is 0.134. The van der Waals surface area contributed by atoms with Gasteiger partial charge in [-0.05, 0) is 83.9 Å². The number of nitrogens with one attached hydrogen (secondary N) is 2. The number of benzene rings is 4. The Bertz CT molecular complexity index is 2240. The van der Waals surface area contributed by atoms with Crippen molar-refractivity contribution >= 4 is 41.0 Å². The highest BCUT2D eigenvalue weighted by Crippen LogP contribution is 2.22. The molecule has 4 heterocycles. The van der Waals surface area contributed by atoms with Gasteiger partial charge >= 0.3 is 18.0 Å². The number of hydrogen-bond donors (Lipinski definition) is 2. The number of rotatable bonds is 10. The third kappa shape index (κ3) is 13.1. The standard InChI is InChI=1S/C25H26N4O3.C15H15NO2.C9H13N3/c1-32-24(30)21-12-10-20(11-13-21)19-29(22-7-3-2-4-8-22)25(31)28-17-15-27(16-18-28)23-9-5-6-14-26-23;1-18-15(17)13-9-7-12(8-10-13)11-16-14-5-3-2-4-6-14;1-2-4-11-9(3-1)12-7-5-10-6-8-12/h2-14H,15-19H2,1H3;2-10,16H,11H2,1H3;1-4,10H,5-8H2. The summed E-state index contributed by atoms with van der Waals surface area (Å²) in [4.78, 5) is 53.4. The molecule has 62 heavy (non-hydrogen) atoms. The Morgan fingerprint density at radius 2 is 1.06 bits per heavy atom. The first kappa shape index (κ1) is 44.3. The number of urea groups is 1. The lowest BCUT2D eigenvalue weighted by Crippen LogP contribution is -2.53. The van der Waals surface area contributed by atoms with E-state index in [1.54, 1.807) is 35.4 Å². The Morgan fingerprint density at radius 1 is 0.581 bits per heavy atom. The second-order valence-electron chi connectivity index (χ2n) is 14.4. The highest BCUT2D eigenvalue weighted by molar-refractivity contribution is 5.92. The number of methoxy groups -OCH3 is 2. The Hall–Kier alpha value is -7.25. The van der Waals surface area contributed by atoms with E-state index in [2.05, 4.69) is 41.2 Å². The van der Waals surface area contributed by atoms with Crippen LogP contribution >= 0.6 is 0 Å². The number of anilines is 4. The van der Waals surface area contributed by atoms with Crippen LogP contribution in [0, 0.1) is 0 Å². The van der Waals surface area contributed by atoms with Gasteiger partial charge in [-0.2, -0.15) is 0 Å². The maximum Gasteiger partial charge on any atom is 0.337 e. The summed E-state index contributed by atoms with van der Waals surface area (Å²) in [5.74, 6) is 1.35. The van der Waals surface area contributed by atoms with Gasteiger partial charge < -0.3 is 34.8 Å². The maximum absolute atomic E-state index is 13.5. The van der Waals surface area contributed by atoms with E-state index < -0.39 is 0 Å². The molecule has 0 bridgehead atoms. The molecule has 2 saturated heterocycles. The van der Waals surface area contributed by atoms with Crippen molar-refractivity contribution in [2.24, 2.45) is 0 Å². The van der Waals surface area contributed by atoms with Gasteiger partial charge in [0, 0.05) is 82.7 Å². The van der Waals surface area contributed by atoms with Gasteiger partial charge in [-0.3, -0.25) is 4.90 Å². The molecule has 13 nitrogen and oxygen atoms in total. The van der Waals surface area contributed by atoms with Gasteiger partial charge in [0.25, 0.3) is 0 Å². The predicted molar refractivity (Wildman–Crippen MR) is 245 cm³/mol. The smallest absolute Gasteiger partial charge is 0.337 e. The number of hydrogen-bond acceptors (Lipinski definition) is 11. The van der Waals surface area contributed by atoms with Gasteiger partial charge in [-0.25, -0.2) is 24.4 Å². The molecule has 0 aliphatic carbocycles. The van der Waals surface area contributed by atoms with Gasteiger partial charge in [0.2, 0.25) is 0 Å². The molecule has 2 amide bonds. The zero-order valence-corrected chi connectivity index (χ0v) is 35.3. The molecular formula is C49H54N8O5. The lowest BCUT2D eigenvalue weighted by atomic mass is 10.1. The predicted octanol–water partition coefficient (Wildman–Crippen LogP) is 7.39. The van der Waals surface area contributed by atoms with Crippen LogP contribution in [-0.4, -0.2) is 99.4 Å². The summed E-state index contributed by atoms with van der Waals surface area (Å²) in [5, 5.41) is 6.62. The normalized spacial score (nSPS) is 13.3. The molecule has 2 aliphatic heterocycles. The van der Waals surface area contributed by atoms with E-state index in [-0.39, 0.29) is 18.0 Å². The topological polar surface area (TPSA) is 132 Å². The number of aromatic nitrogens is 2. The van der Waals surface area contributed by atoms with Crippen molar-refractivity contribution in [3.8, 4) is 0 Å². The minimum absolute atomic E-state index is 0.0334. The van der Waals surface area contributed by atoms with Crippen LogP contribution in [-0.2, 0) is 22.6 Å². The average molecular weight is 835 g/mol. The largest absolute Gasteiger partial charge is 0.465 e. The first-order valence-electron chi connectivity index (χ1n) is 20.7. The van der Waals surface area contributed by atoms with E-state index in [1.165, 1.54) is 14.2 Å². The van der Waals surface area contributed by atoms with Gasteiger partial charge in [0.05, 0.1) is 31.9 Å². The fourth-order valence-corrected chi connectivity index (χ4v) is 6.83. The molecule has 13 heteroatoms.